The average Bonchev–Trinajstić information content (AvgIpc) is 2.00. The fraction of sp³-hybridized carbons (Fsp3) is 0.545. The Bertz CT molecular complexity index is 234. The van der Waals surface area contributed by atoms with Gasteiger partial charge in [-0.2, -0.15) is 0 Å². The summed E-state index contributed by atoms with van der Waals surface area (Å²) < 4.78 is 0. The molecule has 2 N–H and O–H groups in total. The van der Waals surface area contributed by atoms with E-state index in [2.05, 4.69) is 18.2 Å². The van der Waals surface area contributed by atoms with Gasteiger partial charge in [0.2, 0.25) is 0 Å². The van der Waals surface area contributed by atoms with E-state index in [9.17, 15) is 0 Å². The highest BCUT2D eigenvalue weighted by Gasteiger charge is 2.25. The first-order valence-electron chi connectivity index (χ1n) is 4.33. The lowest BCUT2D eigenvalue weighted by atomic mass is 9.77. The molecule has 0 saturated heterocycles. The molecule has 0 unspecified atom stereocenters. The van der Waals surface area contributed by atoms with E-state index >= 15 is 0 Å². The maximum absolute atomic E-state index is 5.67. The Kier molecular flexibility index (Phi) is 3.17. The van der Waals surface area contributed by atoms with Gasteiger partial charge in [0.05, 0.1) is 0 Å². The van der Waals surface area contributed by atoms with Gasteiger partial charge >= 0.3 is 0 Å². The van der Waals surface area contributed by atoms with Crippen LogP contribution in [0.5, 0.6) is 0 Å². The summed E-state index contributed by atoms with van der Waals surface area (Å²) in [4.78, 5) is 0. The van der Waals surface area contributed by atoms with E-state index in [0.29, 0.717) is 12.5 Å². The van der Waals surface area contributed by atoms with Crippen molar-refractivity contribution in [1.82, 2.24) is 0 Å². The van der Waals surface area contributed by atoms with E-state index in [1.807, 2.05) is 0 Å². The lowest BCUT2D eigenvalue weighted by Gasteiger charge is -2.32. The predicted molar refractivity (Wildman–Crippen MR) is 51.4 cm³/mol. The number of hydrogen-bond donors (Lipinski definition) is 1. The average molecular weight is 161 g/mol. The zero-order valence-corrected chi connectivity index (χ0v) is 7.34. The highest BCUT2D eigenvalue weighted by Crippen LogP contribution is 2.31. The van der Waals surface area contributed by atoms with Crippen molar-refractivity contribution in [3.8, 4) is 12.3 Å². The van der Waals surface area contributed by atoms with Gasteiger partial charge in [0.25, 0.3) is 0 Å². The van der Waals surface area contributed by atoms with Crippen LogP contribution in [0.2, 0.25) is 0 Å². The molecule has 1 rings (SSSR count). The van der Waals surface area contributed by atoms with E-state index in [0.717, 1.165) is 30.8 Å². The third-order valence-corrected chi connectivity index (χ3v) is 2.37. The van der Waals surface area contributed by atoms with Crippen LogP contribution in [-0.4, -0.2) is 6.04 Å². The highest BCUT2D eigenvalue weighted by atomic mass is 14.7. The van der Waals surface area contributed by atoms with Crippen molar-refractivity contribution >= 4 is 0 Å². The van der Waals surface area contributed by atoms with Gasteiger partial charge in [-0.05, 0) is 30.8 Å². The third-order valence-electron chi connectivity index (χ3n) is 2.37. The minimum Gasteiger partial charge on any atom is -0.328 e. The van der Waals surface area contributed by atoms with Crippen molar-refractivity contribution in [2.45, 2.75) is 31.7 Å². The van der Waals surface area contributed by atoms with Crippen molar-refractivity contribution < 1.29 is 0 Å². The summed E-state index contributed by atoms with van der Waals surface area (Å²) in [5, 5.41) is 0. The molecule has 1 heteroatoms. The molecular formula is C11H15N. The zero-order valence-electron chi connectivity index (χ0n) is 7.34. The summed E-state index contributed by atoms with van der Waals surface area (Å²) in [6.07, 6.45) is 9.21. The van der Waals surface area contributed by atoms with Gasteiger partial charge in [0.1, 0.15) is 0 Å². The minimum atomic E-state index is 0.423. The molecule has 0 aromatic rings. The summed E-state index contributed by atoms with van der Waals surface area (Å²) in [5.41, 5.74) is 9.74. The van der Waals surface area contributed by atoms with Crippen LogP contribution in [0.15, 0.2) is 17.9 Å². The number of terminal acetylenes is 1. The SMILES string of the molecule is C#CCC(=C=C)CC1CC(N)C1. The molecule has 0 bridgehead atoms. The summed E-state index contributed by atoms with van der Waals surface area (Å²) in [6, 6.07) is 0.423. The van der Waals surface area contributed by atoms with Crippen LogP contribution in [0.4, 0.5) is 0 Å². The van der Waals surface area contributed by atoms with Crippen molar-refractivity contribution in [1.29, 1.82) is 0 Å². The predicted octanol–water partition coefficient (Wildman–Crippen LogP) is 1.85. The van der Waals surface area contributed by atoms with E-state index < -0.39 is 0 Å². The Balaban J connectivity index is 2.31. The second-order valence-electron chi connectivity index (χ2n) is 3.46. The largest absolute Gasteiger partial charge is 0.328 e. The Labute approximate surface area is 74.3 Å². The van der Waals surface area contributed by atoms with Crippen molar-refractivity contribution in [2.75, 3.05) is 0 Å². The molecule has 0 amide bonds. The molecule has 1 aliphatic rings. The first-order chi connectivity index (χ1) is 5.76. The van der Waals surface area contributed by atoms with Gasteiger partial charge in [0, 0.05) is 12.5 Å². The molecule has 12 heavy (non-hydrogen) atoms. The number of rotatable bonds is 3. The van der Waals surface area contributed by atoms with Crippen molar-refractivity contribution in [3.63, 3.8) is 0 Å². The highest BCUT2D eigenvalue weighted by molar-refractivity contribution is 5.10. The molecule has 1 aliphatic carbocycles. The van der Waals surface area contributed by atoms with E-state index in [1.165, 1.54) is 0 Å². The van der Waals surface area contributed by atoms with Gasteiger partial charge in [0.15, 0.2) is 0 Å². The van der Waals surface area contributed by atoms with E-state index in [-0.39, 0.29) is 0 Å². The third kappa shape index (κ3) is 2.27. The molecule has 1 saturated carbocycles. The van der Waals surface area contributed by atoms with E-state index in [4.69, 9.17) is 12.2 Å². The molecule has 0 spiro atoms. The number of allylic oxidation sites excluding steroid dienone is 1. The maximum atomic E-state index is 5.67. The molecule has 1 fully saturated rings. The topological polar surface area (TPSA) is 26.0 Å². The quantitative estimate of drug-likeness (QED) is 0.496. The summed E-state index contributed by atoms with van der Waals surface area (Å²) in [7, 11) is 0. The van der Waals surface area contributed by atoms with Crippen LogP contribution in [-0.2, 0) is 0 Å². The number of nitrogens with two attached hydrogens (primary N) is 1. The fourth-order valence-electron chi connectivity index (χ4n) is 1.63. The Morgan fingerprint density at radius 2 is 2.25 bits per heavy atom. The Morgan fingerprint density at radius 3 is 2.67 bits per heavy atom. The molecule has 64 valence electrons. The fourth-order valence-corrected chi connectivity index (χ4v) is 1.63. The molecule has 0 aromatic heterocycles. The van der Waals surface area contributed by atoms with Crippen LogP contribution >= 0.6 is 0 Å². The monoisotopic (exact) mass is 161 g/mol. The van der Waals surface area contributed by atoms with Crippen LogP contribution < -0.4 is 5.73 Å². The number of hydrogen-bond acceptors (Lipinski definition) is 1. The van der Waals surface area contributed by atoms with Crippen molar-refractivity contribution in [3.05, 3.63) is 17.9 Å². The first-order valence-corrected chi connectivity index (χ1v) is 4.33. The van der Waals surface area contributed by atoms with Crippen LogP contribution in [0.1, 0.15) is 25.7 Å². The lowest BCUT2D eigenvalue weighted by Crippen LogP contribution is -2.36. The molecule has 0 aliphatic heterocycles. The Morgan fingerprint density at radius 1 is 1.58 bits per heavy atom. The van der Waals surface area contributed by atoms with Crippen molar-refractivity contribution in [2.24, 2.45) is 11.7 Å². The minimum absolute atomic E-state index is 0.423. The van der Waals surface area contributed by atoms with E-state index in [1.54, 1.807) is 0 Å². The Hall–Kier alpha value is -0.960. The molecule has 0 radical (unpaired) electrons. The summed E-state index contributed by atoms with van der Waals surface area (Å²) >= 11 is 0. The normalized spacial score (nSPS) is 26.7. The van der Waals surface area contributed by atoms with Gasteiger partial charge in [-0.25, -0.2) is 0 Å². The van der Waals surface area contributed by atoms with Gasteiger partial charge in [-0.15, -0.1) is 18.1 Å². The lowest BCUT2D eigenvalue weighted by molar-refractivity contribution is 0.263. The maximum Gasteiger partial charge on any atom is 0.0372 e. The second kappa shape index (κ2) is 4.16. The molecule has 0 atom stereocenters. The summed E-state index contributed by atoms with van der Waals surface area (Å²) in [5.74, 6) is 3.35. The standard InChI is InChI=1S/C11H15N/c1-3-5-9(4-2)6-10-7-11(12)8-10/h1,10-11H,2,5-8,12H2. The molecular weight excluding hydrogens is 146 g/mol. The smallest absolute Gasteiger partial charge is 0.0372 e. The first kappa shape index (κ1) is 9.13. The zero-order chi connectivity index (χ0) is 8.97. The van der Waals surface area contributed by atoms with Gasteiger partial charge in [-0.1, -0.05) is 6.58 Å². The summed E-state index contributed by atoms with van der Waals surface area (Å²) in [6.45, 7) is 3.62. The van der Waals surface area contributed by atoms with Crippen LogP contribution in [0.3, 0.4) is 0 Å². The van der Waals surface area contributed by atoms with Crippen LogP contribution in [0, 0.1) is 18.3 Å². The molecule has 0 heterocycles. The molecule has 1 nitrogen and oxygen atoms in total. The second-order valence-corrected chi connectivity index (χ2v) is 3.46. The van der Waals surface area contributed by atoms with Gasteiger partial charge < -0.3 is 5.73 Å². The van der Waals surface area contributed by atoms with Gasteiger partial charge in [-0.3, -0.25) is 0 Å². The van der Waals surface area contributed by atoms with Crippen LogP contribution in [0.25, 0.3) is 0 Å². The molecule has 0 aromatic carbocycles.